The number of benzene rings is 2. The third kappa shape index (κ3) is 5.15. The van der Waals surface area contributed by atoms with Crippen molar-refractivity contribution in [1.82, 2.24) is 0 Å². The minimum Gasteiger partial charge on any atom is -0.467 e. The van der Waals surface area contributed by atoms with Crippen molar-refractivity contribution in [3.8, 4) is 0 Å². The summed E-state index contributed by atoms with van der Waals surface area (Å²) in [6.07, 6.45) is 7.94. The summed E-state index contributed by atoms with van der Waals surface area (Å²) in [7, 11) is 0. The van der Waals surface area contributed by atoms with E-state index in [1.54, 1.807) is 0 Å². The highest BCUT2D eigenvalue weighted by Crippen LogP contribution is 2.05. The number of hydrogen-bond donors (Lipinski definition) is 0. The molecule has 0 saturated carbocycles. The Morgan fingerprint density at radius 3 is 1.52 bits per heavy atom. The van der Waals surface area contributed by atoms with Crippen LogP contribution in [0.5, 0.6) is 0 Å². The highest BCUT2D eigenvalue weighted by molar-refractivity contribution is 5.40. The zero-order valence-electron chi connectivity index (χ0n) is 13.8. The van der Waals surface area contributed by atoms with Gasteiger partial charge in [0.25, 0.3) is 0 Å². The molecule has 1 nitrogen and oxygen atoms in total. The average molecular weight is 302 g/mol. The molecule has 0 N–H and O–H groups in total. The normalized spacial score (nSPS) is 14.2. The van der Waals surface area contributed by atoms with Gasteiger partial charge < -0.3 is 4.74 Å². The van der Waals surface area contributed by atoms with Crippen molar-refractivity contribution in [2.75, 3.05) is 0 Å². The van der Waals surface area contributed by atoms with Crippen LogP contribution in [0.4, 0.5) is 0 Å². The summed E-state index contributed by atoms with van der Waals surface area (Å²) in [6, 6.07) is 16.0. The predicted octanol–water partition coefficient (Wildman–Crippen LogP) is 2.59. The molecule has 116 valence electrons. The third-order valence-corrected chi connectivity index (χ3v) is 3.43. The smallest absolute Gasteiger partial charge is 0.100 e. The summed E-state index contributed by atoms with van der Waals surface area (Å²) in [4.78, 5) is 0. The monoisotopic (exact) mass is 302 g/mol. The molecule has 0 fully saturated rings. The van der Waals surface area contributed by atoms with Crippen LogP contribution in [0.2, 0.25) is 0 Å². The fraction of sp³-hybridized carbons (Fsp3) is 0.0909. The van der Waals surface area contributed by atoms with E-state index >= 15 is 0 Å². The van der Waals surface area contributed by atoms with Crippen molar-refractivity contribution < 1.29 is 4.74 Å². The molecule has 0 radical (unpaired) electrons. The van der Waals surface area contributed by atoms with Gasteiger partial charge in [0, 0.05) is 0 Å². The molecule has 23 heavy (non-hydrogen) atoms. The highest BCUT2D eigenvalue weighted by Gasteiger charge is 1.91. The van der Waals surface area contributed by atoms with Gasteiger partial charge in [-0.05, 0) is 46.9 Å². The van der Waals surface area contributed by atoms with E-state index in [4.69, 9.17) is 4.74 Å². The second kappa shape index (κ2) is 8.00. The molecule has 2 aromatic rings. The van der Waals surface area contributed by atoms with E-state index < -0.39 is 0 Å². The maximum absolute atomic E-state index is 5.79. The van der Waals surface area contributed by atoms with Gasteiger partial charge in [-0.15, -0.1) is 0 Å². The Hall–Kier alpha value is -2.80. The van der Waals surface area contributed by atoms with E-state index in [0.717, 1.165) is 32.4 Å². The molecular formula is C22H22O. The Bertz CT molecular complexity index is 866. The predicted molar refractivity (Wildman–Crippen MR) is 100.0 cm³/mol. The van der Waals surface area contributed by atoms with Crippen molar-refractivity contribution in [1.29, 1.82) is 0 Å². The van der Waals surface area contributed by atoms with E-state index in [1.165, 1.54) is 0 Å². The van der Waals surface area contributed by atoms with E-state index in [2.05, 4.69) is 13.2 Å². The summed E-state index contributed by atoms with van der Waals surface area (Å²) >= 11 is 0. The Labute approximate surface area is 137 Å². The molecule has 0 atom stereocenters. The van der Waals surface area contributed by atoms with Crippen LogP contribution >= 0.6 is 0 Å². The summed E-state index contributed by atoms with van der Waals surface area (Å²) in [5.41, 5.74) is 0. The van der Waals surface area contributed by atoms with Crippen molar-refractivity contribution in [2.45, 2.75) is 13.8 Å². The first-order valence-corrected chi connectivity index (χ1v) is 7.59. The minimum atomic E-state index is 0.832. The van der Waals surface area contributed by atoms with Crippen LogP contribution in [0.3, 0.4) is 0 Å². The lowest BCUT2D eigenvalue weighted by atomic mass is 10.2. The van der Waals surface area contributed by atoms with Crippen molar-refractivity contribution in [3.63, 3.8) is 0 Å². The van der Waals surface area contributed by atoms with Gasteiger partial charge in [-0.1, -0.05) is 73.8 Å². The standard InChI is InChI=1S/C22H22O/c1-17-9-5-7-11-21(17)15-13-19(3)23-20(4)14-16-22-12-8-6-10-18(22)2/h5-16H,1-2H2,3-4H3/b19-13+,20-14+,21-15-,22-16-. The molecule has 0 saturated heterocycles. The molecule has 0 heterocycles. The fourth-order valence-electron chi connectivity index (χ4n) is 2.13. The molecule has 0 aromatic heterocycles. The van der Waals surface area contributed by atoms with Crippen LogP contribution in [0.1, 0.15) is 13.8 Å². The lowest BCUT2D eigenvalue weighted by Crippen LogP contribution is -2.21. The van der Waals surface area contributed by atoms with Crippen molar-refractivity contribution in [3.05, 3.63) is 93.1 Å². The number of allylic oxidation sites excluding steroid dienone is 4. The molecule has 2 rings (SSSR count). The van der Waals surface area contributed by atoms with Gasteiger partial charge in [-0.2, -0.15) is 0 Å². The number of hydrogen-bond acceptors (Lipinski definition) is 1. The summed E-state index contributed by atoms with van der Waals surface area (Å²) < 4.78 is 5.79. The van der Waals surface area contributed by atoms with Crippen LogP contribution < -0.4 is 20.9 Å². The molecule has 0 aliphatic carbocycles. The van der Waals surface area contributed by atoms with Crippen LogP contribution in [-0.4, -0.2) is 0 Å². The maximum Gasteiger partial charge on any atom is 0.100 e. The van der Waals surface area contributed by atoms with Crippen LogP contribution in [-0.2, 0) is 4.74 Å². The maximum atomic E-state index is 5.79. The number of rotatable bonds is 4. The molecule has 0 unspecified atom stereocenters. The van der Waals surface area contributed by atoms with Gasteiger partial charge in [0.2, 0.25) is 0 Å². The molecule has 0 aliphatic heterocycles. The Kier molecular flexibility index (Phi) is 5.76. The first-order valence-electron chi connectivity index (χ1n) is 7.59. The Balaban J connectivity index is 2.16. The van der Waals surface area contributed by atoms with E-state index in [-0.39, 0.29) is 0 Å². The van der Waals surface area contributed by atoms with Gasteiger partial charge >= 0.3 is 0 Å². The van der Waals surface area contributed by atoms with E-state index in [0.29, 0.717) is 0 Å². The van der Waals surface area contributed by atoms with Gasteiger partial charge in [0.15, 0.2) is 0 Å². The topological polar surface area (TPSA) is 9.23 Å². The van der Waals surface area contributed by atoms with E-state index in [9.17, 15) is 0 Å². The molecule has 0 bridgehead atoms. The lowest BCUT2D eigenvalue weighted by Gasteiger charge is -2.04. The molecule has 0 amide bonds. The quantitative estimate of drug-likeness (QED) is 0.789. The Morgan fingerprint density at radius 1 is 0.739 bits per heavy atom. The minimum absolute atomic E-state index is 0.832. The van der Waals surface area contributed by atoms with Crippen LogP contribution in [0.15, 0.2) is 72.2 Å². The highest BCUT2D eigenvalue weighted by atomic mass is 16.5. The van der Waals surface area contributed by atoms with Crippen molar-refractivity contribution in [2.24, 2.45) is 0 Å². The number of ether oxygens (including phenoxy) is 1. The van der Waals surface area contributed by atoms with Crippen LogP contribution in [0.25, 0.3) is 25.3 Å². The average Bonchev–Trinajstić information content (AvgIpc) is 2.53. The summed E-state index contributed by atoms with van der Waals surface area (Å²) in [5, 5.41) is 4.19. The first kappa shape index (κ1) is 16.6. The largest absolute Gasteiger partial charge is 0.467 e. The molecule has 0 spiro atoms. The zero-order chi connectivity index (χ0) is 16.7. The zero-order valence-corrected chi connectivity index (χ0v) is 13.8. The first-order chi connectivity index (χ1) is 11.1. The second-order valence-electron chi connectivity index (χ2n) is 5.39. The molecule has 1 heteroatoms. The molecule has 2 aromatic carbocycles. The SMILES string of the molecule is C=c1cccc/c1=C/C=C(\C)O/C(C)=C/C=c1/ccccc1=C. The van der Waals surface area contributed by atoms with Gasteiger partial charge in [-0.25, -0.2) is 0 Å². The molecular weight excluding hydrogens is 280 g/mol. The van der Waals surface area contributed by atoms with Crippen LogP contribution in [0, 0.1) is 0 Å². The molecule has 0 aliphatic rings. The van der Waals surface area contributed by atoms with E-state index in [1.807, 2.05) is 86.7 Å². The second-order valence-corrected chi connectivity index (χ2v) is 5.39. The summed E-state index contributed by atoms with van der Waals surface area (Å²) in [6.45, 7) is 11.9. The van der Waals surface area contributed by atoms with Crippen molar-refractivity contribution >= 4 is 25.3 Å². The lowest BCUT2D eigenvalue weighted by molar-refractivity contribution is 0.310. The van der Waals surface area contributed by atoms with Gasteiger partial charge in [0.05, 0.1) is 0 Å². The Morgan fingerprint density at radius 2 is 1.13 bits per heavy atom. The van der Waals surface area contributed by atoms with Gasteiger partial charge in [0.1, 0.15) is 11.5 Å². The van der Waals surface area contributed by atoms with Gasteiger partial charge in [-0.3, -0.25) is 0 Å². The third-order valence-electron chi connectivity index (χ3n) is 3.43. The summed E-state index contributed by atoms with van der Waals surface area (Å²) in [5.74, 6) is 1.66. The fourth-order valence-corrected chi connectivity index (χ4v) is 2.13.